The number of hydrogen-bond donors (Lipinski definition) is 1. The van der Waals surface area contributed by atoms with Gasteiger partial charge in [-0.2, -0.15) is 0 Å². The van der Waals surface area contributed by atoms with E-state index in [0.29, 0.717) is 25.5 Å². The van der Waals surface area contributed by atoms with E-state index < -0.39 is 0 Å². The van der Waals surface area contributed by atoms with Crippen LogP contribution in [0.5, 0.6) is 0 Å². The molecule has 128 valence electrons. The zero-order chi connectivity index (χ0) is 17.6. The Hall–Kier alpha value is -3.22. The van der Waals surface area contributed by atoms with Gasteiger partial charge in [0.1, 0.15) is 0 Å². The van der Waals surface area contributed by atoms with Gasteiger partial charge in [0, 0.05) is 50.4 Å². The van der Waals surface area contributed by atoms with E-state index in [2.05, 4.69) is 15.3 Å². The van der Waals surface area contributed by atoms with Gasteiger partial charge in [-0.15, -0.1) is 0 Å². The van der Waals surface area contributed by atoms with Gasteiger partial charge in [-0.05, 0) is 12.0 Å². The van der Waals surface area contributed by atoms with E-state index in [1.165, 1.54) is 21.4 Å². The van der Waals surface area contributed by atoms with Crippen LogP contribution in [0.15, 0.2) is 64.6 Å². The van der Waals surface area contributed by atoms with Crippen LogP contribution in [0.25, 0.3) is 11.1 Å². The minimum absolute atomic E-state index is 0.286. The van der Waals surface area contributed by atoms with Gasteiger partial charge in [-0.1, -0.05) is 30.3 Å². The highest BCUT2D eigenvalue weighted by molar-refractivity contribution is 5.61. The first-order valence-corrected chi connectivity index (χ1v) is 8.03. The second-order valence-electron chi connectivity index (χ2n) is 5.64. The molecule has 25 heavy (non-hydrogen) atoms. The summed E-state index contributed by atoms with van der Waals surface area (Å²) in [7, 11) is 1.62. The highest BCUT2D eigenvalue weighted by Crippen LogP contribution is 2.17. The Bertz CT molecular complexity index is 946. The number of anilines is 1. The van der Waals surface area contributed by atoms with Crippen LogP contribution < -0.4 is 16.6 Å². The van der Waals surface area contributed by atoms with Crippen molar-refractivity contribution in [3.8, 4) is 11.1 Å². The molecule has 3 rings (SSSR count). The molecule has 0 saturated carbocycles. The Balaban J connectivity index is 1.56. The van der Waals surface area contributed by atoms with Crippen LogP contribution in [-0.2, 0) is 13.6 Å². The van der Waals surface area contributed by atoms with Crippen molar-refractivity contribution >= 4 is 5.95 Å². The number of aryl methyl sites for hydroxylation is 1. The van der Waals surface area contributed by atoms with Crippen LogP contribution in [0, 0.1) is 0 Å². The maximum Gasteiger partial charge on any atom is 0.330 e. The molecule has 0 fully saturated rings. The van der Waals surface area contributed by atoms with Crippen LogP contribution >= 0.6 is 0 Å². The lowest BCUT2D eigenvalue weighted by Gasteiger charge is -2.08. The summed E-state index contributed by atoms with van der Waals surface area (Å²) < 4.78 is 2.61. The SMILES string of the molecule is Cn1ccc(=O)n(CCCNc2ncc(-c3ccccc3)cn2)c1=O. The van der Waals surface area contributed by atoms with E-state index in [1.54, 1.807) is 19.4 Å². The molecule has 1 N–H and O–H groups in total. The molecule has 0 unspecified atom stereocenters. The standard InChI is InChI=1S/C18H19N5O2/c1-22-11-8-16(24)23(18(22)25)10-5-9-19-17-20-12-15(13-21-17)14-6-3-2-4-7-14/h2-4,6-8,11-13H,5,9-10H2,1H3,(H,19,20,21). The third kappa shape index (κ3) is 4.00. The van der Waals surface area contributed by atoms with Gasteiger partial charge in [-0.25, -0.2) is 14.8 Å². The highest BCUT2D eigenvalue weighted by atomic mass is 16.2. The summed E-state index contributed by atoms with van der Waals surface area (Å²) in [5.41, 5.74) is 1.42. The van der Waals surface area contributed by atoms with E-state index in [-0.39, 0.29) is 11.2 Å². The van der Waals surface area contributed by atoms with E-state index in [9.17, 15) is 9.59 Å². The lowest BCUT2D eigenvalue weighted by Crippen LogP contribution is -2.38. The van der Waals surface area contributed by atoms with Crippen LogP contribution in [0.4, 0.5) is 5.95 Å². The summed E-state index contributed by atoms with van der Waals surface area (Å²) in [5.74, 6) is 0.521. The molecule has 0 saturated heterocycles. The first-order chi connectivity index (χ1) is 12.1. The third-order valence-corrected chi connectivity index (χ3v) is 3.84. The van der Waals surface area contributed by atoms with Crippen molar-refractivity contribution < 1.29 is 0 Å². The zero-order valence-corrected chi connectivity index (χ0v) is 13.9. The largest absolute Gasteiger partial charge is 0.354 e. The predicted molar refractivity (Wildman–Crippen MR) is 96.5 cm³/mol. The number of aromatic nitrogens is 4. The molecule has 0 aliphatic rings. The Labute approximate surface area is 144 Å². The number of rotatable bonds is 6. The average Bonchev–Trinajstić information content (AvgIpc) is 2.65. The minimum atomic E-state index is -0.309. The molecule has 0 bridgehead atoms. The minimum Gasteiger partial charge on any atom is -0.354 e. The molecule has 2 aromatic heterocycles. The van der Waals surface area contributed by atoms with Gasteiger partial charge >= 0.3 is 5.69 Å². The number of benzene rings is 1. The number of nitrogens with one attached hydrogen (secondary N) is 1. The zero-order valence-electron chi connectivity index (χ0n) is 13.9. The molecule has 7 heteroatoms. The van der Waals surface area contributed by atoms with Crippen LogP contribution in [0.1, 0.15) is 6.42 Å². The lowest BCUT2D eigenvalue weighted by molar-refractivity contribution is 0.572. The summed E-state index contributed by atoms with van der Waals surface area (Å²) >= 11 is 0. The van der Waals surface area contributed by atoms with Crippen molar-refractivity contribution in [1.29, 1.82) is 0 Å². The predicted octanol–water partition coefficient (Wildman–Crippen LogP) is 1.51. The van der Waals surface area contributed by atoms with E-state index in [4.69, 9.17) is 0 Å². The van der Waals surface area contributed by atoms with E-state index >= 15 is 0 Å². The van der Waals surface area contributed by atoms with Crippen molar-refractivity contribution in [3.05, 3.63) is 75.8 Å². The molecule has 0 atom stereocenters. The van der Waals surface area contributed by atoms with Crippen molar-refractivity contribution in [2.45, 2.75) is 13.0 Å². The maximum absolute atomic E-state index is 11.9. The van der Waals surface area contributed by atoms with E-state index in [0.717, 1.165) is 11.1 Å². The number of nitrogens with zero attached hydrogens (tertiary/aromatic N) is 4. The molecule has 1 aromatic carbocycles. The van der Waals surface area contributed by atoms with Crippen LogP contribution in [0.3, 0.4) is 0 Å². The Morgan fingerprint density at radius 1 is 1.00 bits per heavy atom. The topological polar surface area (TPSA) is 81.8 Å². The second kappa shape index (κ2) is 7.57. The first-order valence-electron chi connectivity index (χ1n) is 8.03. The summed E-state index contributed by atoms with van der Waals surface area (Å²) in [6.07, 6.45) is 5.62. The molecule has 0 aliphatic heterocycles. The van der Waals surface area contributed by atoms with Crippen molar-refractivity contribution in [2.75, 3.05) is 11.9 Å². The molecule has 0 radical (unpaired) electrons. The molecule has 2 heterocycles. The lowest BCUT2D eigenvalue weighted by atomic mass is 10.1. The second-order valence-corrected chi connectivity index (χ2v) is 5.64. The average molecular weight is 337 g/mol. The fourth-order valence-electron chi connectivity index (χ4n) is 2.46. The molecule has 0 amide bonds. The summed E-state index contributed by atoms with van der Waals surface area (Å²) in [4.78, 5) is 32.2. The summed E-state index contributed by atoms with van der Waals surface area (Å²) in [5, 5.41) is 3.10. The fraction of sp³-hybridized carbons (Fsp3) is 0.222. The Morgan fingerprint density at radius 2 is 1.72 bits per heavy atom. The van der Waals surface area contributed by atoms with Gasteiger partial charge in [-0.3, -0.25) is 9.36 Å². The maximum atomic E-state index is 11.9. The first kappa shape index (κ1) is 16.6. The van der Waals surface area contributed by atoms with E-state index in [1.807, 2.05) is 30.3 Å². The Morgan fingerprint density at radius 3 is 2.44 bits per heavy atom. The summed E-state index contributed by atoms with van der Waals surface area (Å²) in [6.45, 7) is 0.913. The van der Waals surface area contributed by atoms with Gasteiger partial charge in [0.25, 0.3) is 5.56 Å². The van der Waals surface area contributed by atoms with Gasteiger partial charge in [0.05, 0.1) is 0 Å². The third-order valence-electron chi connectivity index (χ3n) is 3.84. The fourth-order valence-corrected chi connectivity index (χ4v) is 2.46. The van der Waals surface area contributed by atoms with Crippen molar-refractivity contribution in [2.24, 2.45) is 7.05 Å². The number of hydrogen-bond acceptors (Lipinski definition) is 5. The molecular formula is C18H19N5O2. The molecule has 3 aromatic rings. The van der Waals surface area contributed by atoms with Crippen molar-refractivity contribution in [1.82, 2.24) is 19.1 Å². The van der Waals surface area contributed by atoms with Gasteiger partial charge in [0.2, 0.25) is 5.95 Å². The van der Waals surface area contributed by atoms with Crippen LogP contribution in [-0.4, -0.2) is 25.6 Å². The highest BCUT2D eigenvalue weighted by Gasteiger charge is 2.03. The smallest absolute Gasteiger partial charge is 0.330 e. The quantitative estimate of drug-likeness (QED) is 0.690. The monoisotopic (exact) mass is 337 g/mol. The normalized spacial score (nSPS) is 10.6. The summed E-state index contributed by atoms with van der Waals surface area (Å²) in [6, 6.07) is 11.3. The van der Waals surface area contributed by atoms with Crippen molar-refractivity contribution in [3.63, 3.8) is 0 Å². The molecule has 7 nitrogen and oxygen atoms in total. The van der Waals surface area contributed by atoms with Gasteiger partial charge in [0.15, 0.2) is 0 Å². The molecule has 0 aliphatic carbocycles. The Kier molecular flexibility index (Phi) is 5.03. The van der Waals surface area contributed by atoms with Gasteiger partial charge < -0.3 is 9.88 Å². The van der Waals surface area contributed by atoms with Crippen LogP contribution in [0.2, 0.25) is 0 Å². The molecule has 0 spiro atoms. The molecular weight excluding hydrogens is 318 g/mol.